The van der Waals surface area contributed by atoms with Crippen LogP contribution in [-0.2, 0) is 10.2 Å². The standard InChI is InChI=1S/C11H12ClNO.C3H6O2.2CH3NOS/c1-11(2,3)10-13-8-6-7(12)4-5-9(8)14-10;1-2-3(4)5;2*2-1(3)4/h4-6H,1-3H3;2H2,1H3,(H,4,5);2*(H3,2,3,4). The molecule has 5 N–H and O–H groups in total. The molecule has 1 heterocycles. The number of nitrogens with zero attached hydrogens (tertiary/aromatic N) is 1. The van der Waals surface area contributed by atoms with E-state index in [0.717, 1.165) is 17.0 Å². The number of halogens is 1. The van der Waals surface area contributed by atoms with Crippen molar-refractivity contribution in [2.45, 2.75) is 39.5 Å². The van der Waals surface area contributed by atoms with E-state index in [4.69, 9.17) is 30.7 Å². The first kappa shape index (κ1) is 27.3. The topological polar surface area (TPSA) is 150 Å². The summed E-state index contributed by atoms with van der Waals surface area (Å²) in [5, 5.41) is 7.13. The van der Waals surface area contributed by atoms with Crippen molar-refractivity contribution in [3.8, 4) is 0 Å². The van der Waals surface area contributed by atoms with E-state index >= 15 is 0 Å². The Balaban J connectivity index is 0. The van der Waals surface area contributed by atoms with Gasteiger partial charge in [0.1, 0.15) is 5.52 Å². The van der Waals surface area contributed by atoms with E-state index in [0.29, 0.717) is 5.02 Å². The van der Waals surface area contributed by atoms with Crippen LogP contribution in [0.1, 0.15) is 40.0 Å². The van der Waals surface area contributed by atoms with E-state index in [1.165, 1.54) is 0 Å². The third kappa shape index (κ3) is 16.0. The number of aliphatic carboxylic acids is 1. The molecule has 152 valence electrons. The van der Waals surface area contributed by atoms with Crippen molar-refractivity contribution in [3.05, 3.63) is 29.1 Å². The van der Waals surface area contributed by atoms with Crippen LogP contribution >= 0.6 is 36.9 Å². The Kier molecular flexibility index (Phi) is 13.4. The lowest BCUT2D eigenvalue weighted by Crippen LogP contribution is -2.10. The smallest absolute Gasteiger partial charge is 0.303 e. The largest absolute Gasteiger partial charge is 0.481 e. The summed E-state index contributed by atoms with van der Waals surface area (Å²) in [5.74, 6) is -0.000216. The molecule has 11 heteroatoms. The highest BCUT2D eigenvalue weighted by Gasteiger charge is 2.20. The van der Waals surface area contributed by atoms with Gasteiger partial charge >= 0.3 is 5.97 Å². The van der Waals surface area contributed by atoms with Crippen LogP contribution in [0.15, 0.2) is 22.6 Å². The number of rotatable bonds is 1. The Morgan fingerprint density at radius 1 is 1.19 bits per heavy atom. The fourth-order valence-corrected chi connectivity index (χ4v) is 1.39. The van der Waals surface area contributed by atoms with Crippen LogP contribution in [0, 0.1) is 0 Å². The highest BCUT2D eigenvalue weighted by Crippen LogP contribution is 2.27. The van der Waals surface area contributed by atoms with E-state index in [1.807, 2.05) is 18.2 Å². The highest BCUT2D eigenvalue weighted by atomic mass is 35.5. The number of hydrogen-bond donors (Lipinski definition) is 5. The number of thiol groups is 2. The van der Waals surface area contributed by atoms with Gasteiger partial charge in [-0.25, -0.2) is 4.98 Å². The number of amides is 2. The Bertz CT molecular complexity index is 740. The second-order valence-electron chi connectivity index (χ2n) is 5.80. The van der Waals surface area contributed by atoms with Crippen molar-refractivity contribution in [2.24, 2.45) is 11.5 Å². The molecule has 2 aromatic rings. The van der Waals surface area contributed by atoms with Crippen LogP contribution in [0.5, 0.6) is 0 Å². The summed E-state index contributed by atoms with van der Waals surface area (Å²) >= 11 is 12.1. The van der Waals surface area contributed by atoms with Gasteiger partial charge in [-0.15, -0.1) is 0 Å². The summed E-state index contributed by atoms with van der Waals surface area (Å²) in [7, 11) is 0. The molecule has 0 fully saturated rings. The summed E-state index contributed by atoms with van der Waals surface area (Å²) in [6.07, 6.45) is 0.222. The molecule has 0 aliphatic rings. The predicted molar refractivity (Wildman–Crippen MR) is 113 cm³/mol. The van der Waals surface area contributed by atoms with Gasteiger partial charge < -0.3 is 21.0 Å². The average molecular weight is 438 g/mol. The number of carboxylic acid groups (broad SMARTS) is 1. The normalized spacial score (nSPS) is 9.59. The minimum Gasteiger partial charge on any atom is -0.481 e. The number of carbonyl (C=O) groups excluding carboxylic acids is 2. The molecule has 0 radical (unpaired) electrons. The van der Waals surface area contributed by atoms with Gasteiger partial charge in [0, 0.05) is 16.9 Å². The Labute approximate surface area is 173 Å². The summed E-state index contributed by atoms with van der Waals surface area (Å²) < 4.78 is 5.62. The number of carbonyl (C=O) groups is 3. The molecule has 0 unspecified atom stereocenters. The van der Waals surface area contributed by atoms with Crippen LogP contribution in [0.25, 0.3) is 11.1 Å². The van der Waals surface area contributed by atoms with Crippen molar-refractivity contribution in [2.75, 3.05) is 0 Å². The summed E-state index contributed by atoms with van der Waals surface area (Å²) in [6.45, 7) is 7.81. The van der Waals surface area contributed by atoms with Crippen molar-refractivity contribution >= 4 is 64.4 Å². The Morgan fingerprint density at radius 2 is 1.59 bits per heavy atom. The van der Waals surface area contributed by atoms with Gasteiger partial charge in [-0.05, 0) is 18.2 Å². The number of fused-ring (bicyclic) bond motifs is 1. The molecule has 1 aromatic carbocycles. The number of primary amides is 2. The van der Waals surface area contributed by atoms with Gasteiger partial charge in [0.05, 0.1) is 0 Å². The number of hydrogen-bond acceptors (Lipinski definition) is 5. The van der Waals surface area contributed by atoms with Crippen LogP contribution in [0.4, 0.5) is 9.59 Å². The molecule has 0 atom stereocenters. The average Bonchev–Trinajstić information content (AvgIpc) is 2.89. The first-order valence-electron chi connectivity index (χ1n) is 7.45. The van der Waals surface area contributed by atoms with E-state index < -0.39 is 16.4 Å². The van der Waals surface area contributed by atoms with Gasteiger partial charge in [0.15, 0.2) is 5.58 Å². The number of nitrogens with two attached hydrogens (primary N) is 2. The maximum absolute atomic E-state index is 9.37. The van der Waals surface area contributed by atoms with Crippen LogP contribution in [0.2, 0.25) is 5.02 Å². The Hall–Kier alpha value is -1.91. The molecule has 0 saturated heterocycles. The molecule has 2 rings (SSSR count). The number of benzene rings is 1. The van der Waals surface area contributed by atoms with E-state index in [9.17, 15) is 4.79 Å². The quantitative estimate of drug-likeness (QED) is 0.421. The molecule has 2 amide bonds. The second kappa shape index (κ2) is 13.3. The van der Waals surface area contributed by atoms with Gasteiger partial charge in [-0.3, -0.25) is 14.4 Å². The molecule has 0 aliphatic heterocycles. The maximum Gasteiger partial charge on any atom is 0.303 e. The molecule has 0 saturated carbocycles. The lowest BCUT2D eigenvalue weighted by atomic mass is 9.97. The molecule has 8 nitrogen and oxygen atoms in total. The zero-order chi connectivity index (χ0) is 21.8. The third-order valence-electron chi connectivity index (χ3n) is 2.29. The zero-order valence-electron chi connectivity index (χ0n) is 15.4. The third-order valence-corrected chi connectivity index (χ3v) is 2.53. The number of aromatic nitrogens is 1. The van der Waals surface area contributed by atoms with E-state index in [-0.39, 0.29) is 11.8 Å². The molecular formula is C16H24ClN3O5S2. The van der Waals surface area contributed by atoms with Crippen molar-refractivity contribution in [1.82, 2.24) is 4.98 Å². The van der Waals surface area contributed by atoms with E-state index in [1.54, 1.807) is 6.92 Å². The lowest BCUT2D eigenvalue weighted by molar-refractivity contribution is -0.136. The van der Waals surface area contributed by atoms with Gasteiger partial charge in [-0.1, -0.05) is 64.6 Å². The maximum atomic E-state index is 9.37. The fourth-order valence-electron chi connectivity index (χ4n) is 1.22. The Morgan fingerprint density at radius 3 is 1.93 bits per heavy atom. The first-order chi connectivity index (χ1) is 12.2. The monoisotopic (exact) mass is 437 g/mol. The van der Waals surface area contributed by atoms with Crippen LogP contribution in [0.3, 0.4) is 0 Å². The molecule has 0 bridgehead atoms. The summed E-state index contributed by atoms with van der Waals surface area (Å²) in [4.78, 5) is 31.9. The summed E-state index contributed by atoms with van der Waals surface area (Å²) in [6, 6.07) is 5.47. The summed E-state index contributed by atoms with van der Waals surface area (Å²) in [5.41, 5.74) is 10.2. The fraction of sp³-hybridized carbons (Fsp3) is 0.375. The minimum absolute atomic E-state index is 0.0640. The molecule has 0 aliphatic carbocycles. The first-order valence-corrected chi connectivity index (χ1v) is 8.73. The number of oxazole rings is 1. The molecule has 27 heavy (non-hydrogen) atoms. The van der Waals surface area contributed by atoms with Crippen molar-refractivity contribution in [3.63, 3.8) is 0 Å². The van der Waals surface area contributed by atoms with Crippen molar-refractivity contribution < 1.29 is 23.9 Å². The van der Waals surface area contributed by atoms with E-state index in [2.05, 4.69) is 62.5 Å². The molecule has 0 spiro atoms. The van der Waals surface area contributed by atoms with Crippen LogP contribution in [-0.4, -0.2) is 26.5 Å². The lowest BCUT2D eigenvalue weighted by Gasteiger charge is -2.11. The molecular weight excluding hydrogens is 414 g/mol. The van der Waals surface area contributed by atoms with Gasteiger partial charge in [-0.2, -0.15) is 0 Å². The van der Waals surface area contributed by atoms with Gasteiger partial charge in [0.2, 0.25) is 5.89 Å². The minimum atomic E-state index is -0.745. The highest BCUT2D eigenvalue weighted by molar-refractivity contribution is 7.96. The van der Waals surface area contributed by atoms with Crippen LogP contribution < -0.4 is 11.5 Å². The second-order valence-corrected chi connectivity index (χ2v) is 7.12. The molecule has 1 aromatic heterocycles. The van der Waals surface area contributed by atoms with Crippen molar-refractivity contribution in [1.29, 1.82) is 0 Å². The number of carboxylic acids is 1. The predicted octanol–water partition coefficient (Wildman–Crippen LogP) is 4.25. The SMILES string of the molecule is CC(C)(C)c1nc2cc(Cl)ccc2o1.CCC(=O)O.NC(=O)S.NC(=O)S. The zero-order valence-corrected chi connectivity index (χ0v) is 17.9. The van der Waals surface area contributed by atoms with Gasteiger partial charge in [0.25, 0.3) is 10.5 Å².